The first-order valence-corrected chi connectivity index (χ1v) is 3.71. The van der Waals surface area contributed by atoms with E-state index in [1.807, 2.05) is 0 Å². The molecule has 0 aliphatic carbocycles. The molecule has 13 heavy (non-hydrogen) atoms. The van der Waals surface area contributed by atoms with Gasteiger partial charge in [0, 0.05) is 13.5 Å². The van der Waals surface area contributed by atoms with Gasteiger partial charge in [-0.05, 0) is 6.92 Å². The normalized spacial score (nSPS) is 12.8. The van der Waals surface area contributed by atoms with Gasteiger partial charge in [-0.3, -0.25) is 4.99 Å². The molecule has 0 bridgehead atoms. The highest BCUT2D eigenvalue weighted by Gasteiger charge is 2.27. The van der Waals surface area contributed by atoms with Crippen molar-refractivity contribution in [2.24, 2.45) is 4.99 Å². The molecule has 0 saturated carbocycles. The number of aliphatic imine (C=N–C) groups is 1. The predicted octanol–water partition coefficient (Wildman–Crippen LogP) is 2.91. The highest BCUT2D eigenvalue weighted by molar-refractivity contribution is 5.76. The van der Waals surface area contributed by atoms with Crippen LogP contribution in [0, 0.1) is 0 Å². The minimum absolute atomic E-state index is 0.0600. The number of rotatable bonds is 3. The van der Waals surface area contributed by atoms with Crippen LogP contribution in [0.1, 0.15) is 19.8 Å². The van der Waals surface area contributed by atoms with E-state index in [4.69, 9.17) is 4.74 Å². The van der Waals surface area contributed by atoms with Gasteiger partial charge >= 0.3 is 6.18 Å². The number of nitrogens with zero attached hydrogens (tertiary/aromatic N) is 1. The van der Waals surface area contributed by atoms with Gasteiger partial charge < -0.3 is 4.74 Å². The van der Waals surface area contributed by atoms with E-state index in [0.29, 0.717) is 5.76 Å². The summed E-state index contributed by atoms with van der Waals surface area (Å²) in [5.74, 6) is 0.396. The van der Waals surface area contributed by atoms with Crippen LogP contribution in [0.4, 0.5) is 13.2 Å². The van der Waals surface area contributed by atoms with Crippen LogP contribution >= 0.6 is 0 Å². The quantitative estimate of drug-likeness (QED) is 0.385. The third-order valence-electron chi connectivity index (χ3n) is 1.16. The van der Waals surface area contributed by atoms with Crippen LogP contribution in [-0.4, -0.2) is 19.1 Å². The lowest BCUT2D eigenvalue weighted by Crippen LogP contribution is -2.12. The van der Waals surface area contributed by atoms with Gasteiger partial charge in [-0.2, -0.15) is 13.2 Å². The highest BCUT2D eigenvalue weighted by Crippen LogP contribution is 2.21. The molecule has 0 rings (SSSR count). The molecule has 0 unspecified atom stereocenters. The Morgan fingerprint density at radius 2 is 2.00 bits per heavy atom. The molecule has 0 radical (unpaired) electrons. The third kappa shape index (κ3) is 7.36. The lowest BCUT2D eigenvalue weighted by atomic mass is 10.3. The van der Waals surface area contributed by atoms with Gasteiger partial charge in [0.05, 0.1) is 12.2 Å². The monoisotopic (exact) mass is 195 g/mol. The van der Waals surface area contributed by atoms with Crippen LogP contribution in [0.15, 0.2) is 17.3 Å². The van der Waals surface area contributed by atoms with E-state index < -0.39 is 12.6 Å². The van der Waals surface area contributed by atoms with Gasteiger partial charge in [0.15, 0.2) is 5.90 Å². The molecule has 0 amide bonds. The van der Waals surface area contributed by atoms with Crippen LogP contribution in [0.3, 0.4) is 0 Å². The first-order valence-electron chi connectivity index (χ1n) is 3.71. The lowest BCUT2D eigenvalue weighted by molar-refractivity contribution is -0.133. The average Bonchev–Trinajstić information content (AvgIpc) is 1.95. The van der Waals surface area contributed by atoms with Gasteiger partial charge in [0.1, 0.15) is 0 Å². The molecular weight excluding hydrogens is 183 g/mol. The molecule has 0 spiro atoms. The smallest absolute Gasteiger partial charge is 0.389 e. The van der Waals surface area contributed by atoms with Gasteiger partial charge in [0.25, 0.3) is 0 Å². The first kappa shape index (κ1) is 12.0. The number of hydrogen-bond acceptors (Lipinski definition) is 2. The van der Waals surface area contributed by atoms with Crippen LogP contribution < -0.4 is 0 Å². The second-order valence-corrected chi connectivity index (χ2v) is 2.54. The van der Waals surface area contributed by atoms with Crippen LogP contribution in [-0.2, 0) is 4.74 Å². The summed E-state index contributed by atoms with van der Waals surface area (Å²) in [6.07, 6.45) is -5.34. The van der Waals surface area contributed by atoms with Crippen LogP contribution in [0.25, 0.3) is 0 Å². The summed E-state index contributed by atoms with van der Waals surface area (Å²) >= 11 is 0. The SMILES string of the molecule is C=C(C)O/C(CCC(F)(F)F)=N\C. The van der Waals surface area contributed by atoms with Crippen molar-refractivity contribution in [1.82, 2.24) is 0 Å². The van der Waals surface area contributed by atoms with E-state index in [2.05, 4.69) is 11.6 Å². The maximum atomic E-state index is 11.8. The molecule has 0 heterocycles. The average molecular weight is 195 g/mol. The van der Waals surface area contributed by atoms with Crippen molar-refractivity contribution < 1.29 is 17.9 Å². The molecule has 0 atom stereocenters. The third-order valence-corrected chi connectivity index (χ3v) is 1.16. The number of halogens is 3. The molecule has 0 N–H and O–H groups in total. The van der Waals surface area contributed by atoms with Crippen molar-refractivity contribution in [3.63, 3.8) is 0 Å². The van der Waals surface area contributed by atoms with Gasteiger partial charge in [-0.1, -0.05) is 6.58 Å². The topological polar surface area (TPSA) is 21.6 Å². The molecule has 0 aromatic carbocycles. The highest BCUT2D eigenvalue weighted by atomic mass is 19.4. The summed E-state index contributed by atoms with van der Waals surface area (Å²) in [6.45, 7) is 4.96. The van der Waals surface area contributed by atoms with Crippen molar-refractivity contribution in [2.75, 3.05) is 7.05 Å². The molecule has 0 fully saturated rings. The maximum Gasteiger partial charge on any atom is 0.389 e. The van der Waals surface area contributed by atoms with Crippen molar-refractivity contribution in [3.05, 3.63) is 12.3 Å². The second-order valence-electron chi connectivity index (χ2n) is 2.54. The number of ether oxygens (including phenoxy) is 1. The summed E-state index contributed by atoms with van der Waals surface area (Å²) in [4.78, 5) is 3.56. The van der Waals surface area contributed by atoms with Gasteiger partial charge in [-0.15, -0.1) is 0 Å². The summed E-state index contributed by atoms with van der Waals surface area (Å²) in [7, 11) is 1.38. The summed E-state index contributed by atoms with van der Waals surface area (Å²) < 4.78 is 40.1. The Balaban J connectivity index is 3.95. The molecule has 76 valence electrons. The summed E-state index contributed by atoms with van der Waals surface area (Å²) in [5, 5.41) is 0. The van der Waals surface area contributed by atoms with Crippen LogP contribution in [0.5, 0.6) is 0 Å². The Morgan fingerprint density at radius 1 is 1.46 bits per heavy atom. The van der Waals surface area contributed by atoms with Gasteiger partial charge in [0.2, 0.25) is 0 Å². The van der Waals surface area contributed by atoms with E-state index in [-0.39, 0.29) is 12.3 Å². The Hall–Kier alpha value is -1.00. The Morgan fingerprint density at radius 3 is 2.31 bits per heavy atom. The Labute approximate surface area is 75.1 Å². The van der Waals surface area contributed by atoms with Crippen molar-refractivity contribution in [2.45, 2.75) is 25.9 Å². The molecule has 0 aromatic rings. The fourth-order valence-electron chi connectivity index (χ4n) is 0.658. The van der Waals surface area contributed by atoms with Crippen molar-refractivity contribution in [3.8, 4) is 0 Å². The lowest BCUT2D eigenvalue weighted by Gasteiger charge is -2.09. The maximum absolute atomic E-state index is 11.8. The first-order chi connectivity index (χ1) is 5.85. The van der Waals surface area contributed by atoms with E-state index in [0.717, 1.165) is 0 Å². The number of alkyl halides is 3. The molecule has 0 aliphatic heterocycles. The Bertz CT molecular complexity index is 208. The van der Waals surface area contributed by atoms with Crippen LogP contribution in [0.2, 0.25) is 0 Å². The molecule has 5 heteroatoms. The van der Waals surface area contributed by atoms with E-state index in [1.54, 1.807) is 6.92 Å². The molecule has 0 saturated heterocycles. The number of hydrogen-bond donors (Lipinski definition) is 0. The number of allylic oxidation sites excluding steroid dienone is 1. The van der Waals surface area contributed by atoms with E-state index in [9.17, 15) is 13.2 Å². The fraction of sp³-hybridized carbons (Fsp3) is 0.625. The Kier molecular flexibility index (Phi) is 4.51. The minimum atomic E-state index is -4.17. The zero-order chi connectivity index (χ0) is 10.5. The van der Waals surface area contributed by atoms with E-state index >= 15 is 0 Å². The molecule has 0 aromatic heterocycles. The van der Waals surface area contributed by atoms with E-state index in [1.165, 1.54) is 7.05 Å². The standard InChI is InChI=1S/C8H12F3NO/c1-6(2)13-7(12-3)4-5-8(9,10)11/h1,4-5H2,2-3H3/b12-7-. The zero-order valence-electron chi connectivity index (χ0n) is 7.61. The zero-order valence-corrected chi connectivity index (χ0v) is 7.61. The predicted molar refractivity (Wildman–Crippen MR) is 44.5 cm³/mol. The van der Waals surface area contributed by atoms with Crippen molar-refractivity contribution >= 4 is 5.90 Å². The largest absolute Gasteiger partial charge is 0.449 e. The molecule has 0 aliphatic rings. The van der Waals surface area contributed by atoms with Gasteiger partial charge in [-0.25, -0.2) is 0 Å². The molecule has 2 nitrogen and oxygen atoms in total. The minimum Gasteiger partial charge on any atom is -0.449 e. The summed E-state index contributed by atoms with van der Waals surface area (Å²) in [5.41, 5.74) is 0. The fourth-order valence-corrected chi connectivity index (χ4v) is 0.658. The summed E-state index contributed by atoms with van der Waals surface area (Å²) in [6, 6.07) is 0. The second kappa shape index (κ2) is 4.89. The van der Waals surface area contributed by atoms with Crippen molar-refractivity contribution in [1.29, 1.82) is 0 Å². The molecular formula is C8H12F3NO.